The van der Waals surface area contributed by atoms with Crippen molar-refractivity contribution in [3.63, 3.8) is 0 Å². The van der Waals surface area contributed by atoms with Gasteiger partial charge in [-0.1, -0.05) is 12.1 Å². The van der Waals surface area contributed by atoms with E-state index in [-0.39, 0.29) is 5.69 Å². The quantitative estimate of drug-likeness (QED) is 0.910. The number of nitrogens with zero attached hydrogens (tertiary/aromatic N) is 2. The second-order valence-corrected chi connectivity index (χ2v) is 4.17. The van der Waals surface area contributed by atoms with E-state index in [9.17, 15) is 18.0 Å². The molecule has 2 aromatic rings. The van der Waals surface area contributed by atoms with E-state index in [0.717, 1.165) is 0 Å². The smallest absolute Gasteiger partial charge is 0.326 e. The van der Waals surface area contributed by atoms with E-state index in [4.69, 9.17) is 0 Å². The van der Waals surface area contributed by atoms with Crippen LogP contribution < -0.4 is 5.32 Å². The average Bonchev–Trinajstić information content (AvgIpc) is 2.73. The van der Waals surface area contributed by atoms with Gasteiger partial charge < -0.3 is 5.32 Å². The number of anilines is 1. The molecule has 1 amide bonds. The van der Waals surface area contributed by atoms with Crippen molar-refractivity contribution >= 4 is 11.6 Å². The summed E-state index contributed by atoms with van der Waals surface area (Å²) in [5, 5.41) is 8.79. The fraction of sp³-hybridized carbons (Fsp3) is 0.250. The number of halogens is 3. The molecule has 0 radical (unpaired) electrons. The van der Waals surface area contributed by atoms with Crippen LogP contribution in [0.5, 0.6) is 0 Å². The summed E-state index contributed by atoms with van der Waals surface area (Å²) >= 11 is 0. The topological polar surface area (TPSA) is 70.7 Å². The fourth-order valence-electron chi connectivity index (χ4n) is 1.60. The Morgan fingerprint density at radius 3 is 2.75 bits per heavy atom. The molecule has 0 spiro atoms. The van der Waals surface area contributed by atoms with Crippen molar-refractivity contribution in [1.29, 1.82) is 0 Å². The largest absolute Gasteiger partial charge is 0.397 e. The van der Waals surface area contributed by atoms with E-state index < -0.39 is 18.5 Å². The lowest BCUT2D eigenvalue weighted by Gasteiger charge is -2.08. The number of nitrogens with one attached hydrogen (secondary N) is 2. The van der Waals surface area contributed by atoms with Gasteiger partial charge in [0.1, 0.15) is 12.2 Å². The number of aromatic amines is 1. The normalized spacial score (nSPS) is 11.4. The Labute approximate surface area is 112 Å². The maximum absolute atomic E-state index is 12.1. The van der Waals surface area contributed by atoms with Gasteiger partial charge in [-0.2, -0.15) is 18.3 Å². The molecule has 0 saturated carbocycles. The maximum atomic E-state index is 12.1. The van der Waals surface area contributed by atoms with E-state index in [1.165, 1.54) is 12.1 Å². The number of hydrogen-bond acceptors (Lipinski definition) is 3. The molecule has 1 aromatic heterocycles. The number of carbonyl (C=O) groups is 1. The van der Waals surface area contributed by atoms with Crippen LogP contribution >= 0.6 is 0 Å². The van der Waals surface area contributed by atoms with Gasteiger partial charge in [0.2, 0.25) is 5.91 Å². The molecule has 8 heteroatoms. The van der Waals surface area contributed by atoms with Crippen molar-refractivity contribution in [2.45, 2.75) is 19.5 Å². The zero-order valence-electron chi connectivity index (χ0n) is 10.5. The van der Waals surface area contributed by atoms with Crippen LogP contribution in [0.4, 0.5) is 18.9 Å². The highest BCUT2D eigenvalue weighted by Crippen LogP contribution is 2.22. The summed E-state index contributed by atoms with van der Waals surface area (Å²) in [6.07, 6.45) is -6.04. The molecule has 0 atom stereocenters. The molecule has 0 fully saturated rings. The van der Waals surface area contributed by atoms with Crippen molar-refractivity contribution in [2.75, 3.05) is 5.32 Å². The molecule has 0 saturated heterocycles. The van der Waals surface area contributed by atoms with Gasteiger partial charge in [-0.25, -0.2) is 4.98 Å². The van der Waals surface area contributed by atoms with Crippen LogP contribution in [0.3, 0.4) is 0 Å². The molecule has 2 N–H and O–H groups in total. The third-order valence-electron chi connectivity index (χ3n) is 2.36. The Kier molecular flexibility index (Phi) is 3.73. The number of H-pyrrole nitrogens is 1. The molecule has 0 aliphatic heterocycles. The number of amides is 1. The lowest BCUT2D eigenvalue weighted by molar-refractivity contribution is -0.150. The van der Waals surface area contributed by atoms with Gasteiger partial charge in [0.25, 0.3) is 0 Å². The van der Waals surface area contributed by atoms with Crippen molar-refractivity contribution < 1.29 is 18.0 Å². The first-order valence-electron chi connectivity index (χ1n) is 5.69. The summed E-state index contributed by atoms with van der Waals surface area (Å²) in [5.74, 6) is -0.0817. The van der Waals surface area contributed by atoms with Crippen LogP contribution in [0.2, 0.25) is 0 Å². The Morgan fingerprint density at radius 1 is 1.40 bits per heavy atom. The van der Waals surface area contributed by atoms with Gasteiger partial charge in [-0.3, -0.25) is 9.89 Å². The average molecular weight is 284 g/mol. The molecule has 2 rings (SSSR count). The fourth-order valence-corrected chi connectivity index (χ4v) is 1.60. The molecule has 0 aliphatic rings. The molecule has 1 aromatic carbocycles. The molecule has 0 bridgehead atoms. The lowest BCUT2D eigenvalue weighted by atomic mass is 10.2. The first-order valence-corrected chi connectivity index (χ1v) is 5.69. The Bertz CT molecular complexity index is 621. The predicted octanol–water partition coefficient (Wildman–Crippen LogP) is 2.67. The van der Waals surface area contributed by atoms with Crippen LogP contribution in [0.15, 0.2) is 24.3 Å². The second-order valence-electron chi connectivity index (χ2n) is 4.17. The van der Waals surface area contributed by atoms with Crippen molar-refractivity contribution in [1.82, 2.24) is 15.2 Å². The van der Waals surface area contributed by atoms with E-state index in [0.29, 0.717) is 17.2 Å². The van der Waals surface area contributed by atoms with Crippen molar-refractivity contribution in [3.8, 4) is 11.4 Å². The van der Waals surface area contributed by atoms with Crippen LogP contribution in [0.1, 0.15) is 12.2 Å². The molecular weight excluding hydrogens is 273 g/mol. The van der Waals surface area contributed by atoms with Crippen molar-refractivity contribution in [3.05, 3.63) is 30.1 Å². The molecule has 0 unspecified atom stereocenters. The summed E-state index contributed by atoms with van der Waals surface area (Å²) < 4.78 is 36.2. The molecule has 5 nitrogen and oxygen atoms in total. The first kappa shape index (κ1) is 14.0. The maximum Gasteiger partial charge on any atom is 0.397 e. The zero-order valence-corrected chi connectivity index (χ0v) is 10.5. The van der Waals surface area contributed by atoms with Gasteiger partial charge in [0, 0.05) is 11.3 Å². The Morgan fingerprint density at radius 2 is 2.15 bits per heavy atom. The van der Waals surface area contributed by atoms with Gasteiger partial charge in [0.05, 0.1) is 0 Å². The summed E-state index contributed by atoms with van der Waals surface area (Å²) in [7, 11) is 0. The number of rotatable bonds is 3. The predicted molar refractivity (Wildman–Crippen MR) is 65.9 cm³/mol. The Hall–Kier alpha value is -2.38. The molecule has 1 heterocycles. The van der Waals surface area contributed by atoms with Crippen LogP contribution in [-0.2, 0) is 4.79 Å². The van der Waals surface area contributed by atoms with E-state index >= 15 is 0 Å². The standard InChI is InChI=1S/C12H11F3N4O/c1-7-16-11(19-18-7)8-3-2-4-9(5-8)17-10(20)6-12(13,14)15/h2-5H,6H2,1H3,(H,17,20)(H,16,18,19). The van der Waals surface area contributed by atoms with Gasteiger partial charge in [-0.15, -0.1) is 0 Å². The summed E-state index contributed by atoms with van der Waals surface area (Å²) in [4.78, 5) is 15.3. The zero-order chi connectivity index (χ0) is 14.8. The monoisotopic (exact) mass is 284 g/mol. The second kappa shape index (κ2) is 5.32. The highest BCUT2D eigenvalue weighted by Gasteiger charge is 2.31. The number of hydrogen-bond donors (Lipinski definition) is 2. The number of aryl methyl sites for hydroxylation is 1. The highest BCUT2D eigenvalue weighted by atomic mass is 19.4. The first-order chi connectivity index (χ1) is 9.33. The third kappa shape index (κ3) is 3.81. The summed E-state index contributed by atoms with van der Waals surface area (Å²) in [6.45, 7) is 1.73. The minimum Gasteiger partial charge on any atom is -0.326 e. The molecule has 106 valence electrons. The van der Waals surface area contributed by atoms with Crippen LogP contribution in [0.25, 0.3) is 11.4 Å². The van der Waals surface area contributed by atoms with E-state index in [1.54, 1.807) is 19.1 Å². The SMILES string of the molecule is Cc1nc(-c2cccc(NC(=O)CC(F)(F)F)c2)n[nH]1. The molecule has 20 heavy (non-hydrogen) atoms. The number of benzene rings is 1. The third-order valence-corrected chi connectivity index (χ3v) is 2.36. The highest BCUT2D eigenvalue weighted by molar-refractivity contribution is 5.91. The van der Waals surface area contributed by atoms with Gasteiger partial charge in [0.15, 0.2) is 5.82 Å². The van der Waals surface area contributed by atoms with Gasteiger partial charge >= 0.3 is 6.18 Å². The van der Waals surface area contributed by atoms with Crippen LogP contribution in [0, 0.1) is 6.92 Å². The number of aromatic nitrogens is 3. The Balaban J connectivity index is 2.12. The van der Waals surface area contributed by atoms with Gasteiger partial charge in [-0.05, 0) is 19.1 Å². The number of alkyl halides is 3. The summed E-state index contributed by atoms with van der Waals surface area (Å²) in [6, 6.07) is 6.31. The minimum absolute atomic E-state index is 0.263. The minimum atomic E-state index is -4.53. The molecular formula is C12H11F3N4O. The summed E-state index contributed by atoms with van der Waals surface area (Å²) in [5.41, 5.74) is 0.860. The molecule has 0 aliphatic carbocycles. The lowest BCUT2D eigenvalue weighted by Crippen LogP contribution is -2.21. The van der Waals surface area contributed by atoms with E-state index in [2.05, 4.69) is 20.5 Å². The van der Waals surface area contributed by atoms with E-state index in [1.807, 2.05) is 0 Å². The number of carbonyl (C=O) groups excluding carboxylic acids is 1. The van der Waals surface area contributed by atoms with Crippen LogP contribution in [-0.4, -0.2) is 27.3 Å². The van der Waals surface area contributed by atoms with Crippen molar-refractivity contribution in [2.24, 2.45) is 0 Å².